The van der Waals surface area contributed by atoms with Crippen molar-refractivity contribution in [2.24, 2.45) is 5.92 Å². The van der Waals surface area contributed by atoms with E-state index < -0.39 is 21.7 Å². The maximum Gasteiger partial charge on any atom is 0.410 e. The van der Waals surface area contributed by atoms with Gasteiger partial charge in [0.15, 0.2) is 0 Å². The molecule has 0 aromatic heterocycles. The van der Waals surface area contributed by atoms with Gasteiger partial charge in [-0.3, -0.25) is 0 Å². The second-order valence-electron chi connectivity index (χ2n) is 8.09. The first-order chi connectivity index (χ1) is 12.9. The lowest BCUT2D eigenvalue weighted by atomic mass is 9.85. The van der Waals surface area contributed by atoms with E-state index in [0.29, 0.717) is 36.0 Å². The number of likely N-dealkylation sites (tertiary alicyclic amines) is 1. The van der Waals surface area contributed by atoms with Gasteiger partial charge in [-0.15, -0.1) is 0 Å². The van der Waals surface area contributed by atoms with E-state index in [-0.39, 0.29) is 17.6 Å². The van der Waals surface area contributed by atoms with E-state index in [9.17, 15) is 13.2 Å². The van der Waals surface area contributed by atoms with E-state index in [2.05, 4.69) is 4.72 Å². The van der Waals surface area contributed by atoms with Gasteiger partial charge in [0, 0.05) is 19.0 Å². The number of hydrogen-bond donors (Lipinski definition) is 1. The zero-order chi connectivity index (χ0) is 21.1. The number of rotatable bonds is 4. The normalized spacial score (nSPS) is 21.3. The van der Waals surface area contributed by atoms with Crippen molar-refractivity contribution in [3.05, 3.63) is 33.8 Å². The molecule has 28 heavy (non-hydrogen) atoms. The van der Waals surface area contributed by atoms with E-state index in [1.165, 1.54) is 7.05 Å². The molecule has 0 bridgehead atoms. The van der Waals surface area contributed by atoms with Crippen molar-refractivity contribution in [3.63, 3.8) is 0 Å². The van der Waals surface area contributed by atoms with Crippen LogP contribution in [0.1, 0.15) is 45.1 Å². The molecule has 1 fully saturated rings. The van der Waals surface area contributed by atoms with Crippen LogP contribution in [0.25, 0.3) is 0 Å². The van der Waals surface area contributed by atoms with Crippen molar-refractivity contribution in [1.29, 1.82) is 0 Å². The molecule has 2 atom stereocenters. The Hall–Kier alpha value is -1.02. The van der Waals surface area contributed by atoms with Crippen LogP contribution in [0.5, 0.6) is 0 Å². The van der Waals surface area contributed by atoms with E-state index in [0.717, 1.165) is 5.56 Å². The van der Waals surface area contributed by atoms with Gasteiger partial charge in [0.05, 0.1) is 15.8 Å². The molecular formula is C19H28Cl2N2O4S. The first kappa shape index (κ1) is 23.3. The second-order valence-corrected chi connectivity index (χ2v) is 10.9. The summed E-state index contributed by atoms with van der Waals surface area (Å²) in [6.45, 7) is 6.34. The SMILES string of the molecule is CNS(=O)(=O)CC1CCCN(C(=O)OC(C)(C)C)CC1c1ccc(Cl)c(Cl)c1. The van der Waals surface area contributed by atoms with E-state index >= 15 is 0 Å². The summed E-state index contributed by atoms with van der Waals surface area (Å²) in [5.41, 5.74) is 0.262. The van der Waals surface area contributed by atoms with E-state index in [4.69, 9.17) is 27.9 Å². The highest BCUT2D eigenvalue weighted by Crippen LogP contribution is 2.36. The highest BCUT2D eigenvalue weighted by atomic mass is 35.5. The van der Waals surface area contributed by atoms with Crippen LogP contribution in [-0.4, -0.2) is 50.9 Å². The van der Waals surface area contributed by atoms with Crippen molar-refractivity contribution in [1.82, 2.24) is 9.62 Å². The number of ether oxygens (including phenoxy) is 1. The molecule has 1 saturated heterocycles. The van der Waals surface area contributed by atoms with Crippen molar-refractivity contribution < 1.29 is 17.9 Å². The van der Waals surface area contributed by atoms with Gasteiger partial charge >= 0.3 is 6.09 Å². The van der Waals surface area contributed by atoms with Gasteiger partial charge in [-0.25, -0.2) is 17.9 Å². The fourth-order valence-corrected chi connectivity index (χ4v) is 4.84. The number of amides is 1. The predicted molar refractivity (Wildman–Crippen MR) is 113 cm³/mol. The Kier molecular flexibility index (Phi) is 7.64. The summed E-state index contributed by atoms with van der Waals surface area (Å²) in [6.07, 6.45) is 0.973. The Morgan fingerprint density at radius 3 is 2.54 bits per heavy atom. The number of carbonyl (C=O) groups is 1. The molecule has 1 aromatic rings. The first-order valence-corrected chi connectivity index (χ1v) is 11.7. The molecule has 0 saturated carbocycles. The van der Waals surface area contributed by atoms with Gasteiger partial charge in [0.2, 0.25) is 10.0 Å². The quantitative estimate of drug-likeness (QED) is 0.742. The summed E-state index contributed by atoms with van der Waals surface area (Å²) in [6, 6.07) is 5.30. The lowest BCUT2D eigenvalue weighted by molar-refractivity contribution is 0.0246. The average molecular weight is 451 g/mol. The molecular weight excluding hydrogens is 423 g/mol. The van der Waals surface area contributed by atoms with Gasteiger partial charge < -0.3 is 9.64 Å². The maximum absolute atomic E-state index is 12.6. The predicted octanol–water partition coefficient (Wildman–Crippen LogP) is 4.27. The molecule has 0 radical (unpaired) electrons. The topological polar surface area (TPSA) is 75.7 Å². The highest BCUT2D eigenvalue weighted by Gasteiger charge is 2.34. The molecule has 158 valence electrons. The third-order valence-electron chi connectivity index (χ3n) is 4.76. The number of halogens is 2. The van der Waals surface area contributed by atoms with Crippen LogP contribution < -0.4 is 4.72 Å². The molecule has 0 spiro atoms. The summed E-state index contributed by atoms with van der Waals surface area (Å²) in [5, 5.41) is 0.838. The molecule has 1 heterocycles. The fourth-order valence-electron chi connectivity index (χ4n) is 3.40. The minimum absolute atomic E-state index is 0.0173. The smallest absolute Gasteiger partial charge is 0.410 e. The maximum atomic E-state index is 12.6. The van der Waals surface area contributed by atoms with Crippen LogP contribution in [0.2, 0.25) is 10.0 Å². The molecule has 2 rings (SSSR count). The highest BCUT2D eigenvalue weighted by molar-refractivity contribution is 7.89. The second kappa shape index (κ2) is 9.20. The summed E-state index contributed by atoms with van der Waals surface area (Å²) in [5.74, 6) is -0.383. The lowest BCUT2D eigenvalue weighted by Crippen LogP contribution is -2.40. The molecule has 1 N–H and O–H groups in total. The van der Waals surface area contributed by atoms with Crippen LogP contribution in [0.15, 0.2) is 18.2 Å². The number of nitrogens with one attached hydrogen (secondary N) is 1. The van der Waals surface area contributed by atoms with Crippen LogP contribution in [-0.2, 0) is 14.8 Å². The molecule has 9 heteroatoms. The Morgan fingerprint density at radius 1 is 1.29 bits per heavy atom. The van der Waals surface area contributed by atoms with Crippen LogP contribution >= 0.6 is 23.2 Å². The number of benzene rings is 1. The summed E-state index contributed by atoms with van der Waals surface area (Å²) >= 11 is 12.2. The molecule has 0 aliphatic carbocycles. The minimum Gasteiger partial charge on any atom is -0.444 e. The van der Waals surface area contributed by atoms with Gasteiger partial charge in [-0.2, -0.15) is 0 Å². The monoisotopic (exact) mass is 450 g/mol. The Bertz CT molecular complexity index is 809. The zero-order valence-electron chi connectivity index (χ0n) is 16.7. The first-order valence-electron chi connectivity index (χ1n) is 9.26. The third-order valence-corrected chi connectivity index (χ3v) is 6.99. The molecule has 6 nitrogen and oxygen atoms in total. The molecule has 1 amide bonds. The average Bonchev–Trinajstić information content (AvgIpc) is 2.78. The standard InChI is InChI=1S/C19H28Cl2N2O4S/c1-19(2,3)27-18(24)23-9-5-6-14(12-28(25,26)22-4)15(11-23)13-7-8-16(20)17(21)10-13/h7-8,10,14-15,22H,5-6,9,11-12H2,1-4H3. The van der Waals surface area contributed by atoms with Gasteiger partial charge in [-0.05, 0) is 64.3 Å². The largest absolute Gasteiger partial charge is 0.444 e. The molecule has 1 aromatic carbocycles. The van der Waals surface area contributed by atoms with Gasteiger partial charge in [-0.1, -0.05) is 29.3 Å². The minimum atomic E-state index is -3.40. The van der Waals surface area contributed by atoms with Crippen LogP contribution in [0.3, 0.4) is 0 Å². The summed E-state index contributed by atoms with van der Waals surface area (Å²) < 4.78 is 32.3. The lowest BCUT2D eigenvalue weighted by Gasteiger charge is -2.30. The van der Waals surface area contributed by atoms with Crippen LogP contribution in [0, 0.1) is 5.92 Å². The van der Waals surface area contributed by atoms with E-state index in [1.807, 2.05) is 26.8 Å². The number of carbonyl (C=O) groups excluding carboxylic acids is 1. The number of sulfonamides is 1. The van der Waals surface area contributed by atoms with Crippen molar-refractivity contribution in [2.45, 2.75) is 45.1 Å². The zero-order valence-corrected chi connectivity index (χ0v) is 19.0. The van der Waals surface area contributed by atoms with Gasteiger partial charge in [0.1, 0.15) is 5.60 Å². The van der Waals surface area contributed by atoms with Crippen molar-refractivity contribution >= 4 is 39.3 Å². The molecule has 1 aliphatic rings. The Labute approximate surface area is 177 Å². The fraction of sp³-hybridized carbons (Fsp3) is 0.632. The van der Waals surface area contributed by atoms with Crippen molar-refractivity contribution in [3.8, 4) is 0 Å². The third kappa shape index (κ3) is 6.51. The Morgan fingerprint density at radius 2 is 1.96 bits per heavy atom. The van der Waals surface area contributed by atoms with E-state index in [1.54, 1.807) is 17.0 Å². The number of hydrogen-bond acceptors (Lipinski definition) is 4. The summed E-state index contributed by atoms with van der Waals surface area (Å²) in [7, 11) is -1.99. The van der Waals surface area contributed by atoms with Crippen molar-refractivity contribution in [2.75, 3.05) is 25.9 Å². The summed E-state index contributed by atoms with van der Waals surface area (Å²) in [4.78, 5) is 14.3. The molecule has 2 unspecified atom stereocenters. The molecule has 1 aliphatic heterocycles. The van der Waals surface area contributed by atoms with Gasteiger partial charge in [0.25, 0.3) is 0 Å². The number of nitrogens with zero attached hydrogens (tertiary/aromatic N) is 1. The van der Waals surface area contributed by atoms with Crippen LogP contribution in [0.4, 0.5) is 4.79 Å². The Balaban J connectivity index is 2.36.